The number of nitrogens with two attached hydrogens (primary N) is 1. The van der Waals surface area contributed by atoms with Gasteiger partial charge in [-0.05, 0) is 50.6 Å². The third-order valence-corrected chi connectivity index (χ3v) is 8.02. The molecule has 4 aliphatic heterocycles. The first kappa shape index (κ1) is 29.6. The van der Waals surface area contributed by atoms with Crippen molar-refractivity contribution in [2.24, 2.45) is 5.73 Å². The maximum absolute atomic E-state index is 9.27. The van der Waals surface area contributed by atoms with Crippen molar-refractivity contribution in [1.82, 2.24) is 10.2 Å². The Bertz CT molecular complexity index is 1320. The number of thiocarbonyl (C=S) groups is 1. The number of nitriles is 1. The molecular weight excluding hydrogens is 552 g/mol. The first-order valence-corrected chi connectivity index (χ1v) is 15.1. The normalized spacial score (nSPS) is 18.8. The molecule has 0 amide bonds. The molecule has 11 heteroatoms. The van der Waals surface area contributed by atoms with Crippen LogP contribution in [0.4, 0.5) is 11.4 Å². The summed E-state index contributed by atoms with van der Waals surface area (Å²) in [6.07, 6.45) is 2.18. The van der Waals surface area contributed by atoms with E-state index in [1.165, 1.54) is 12.1 Å². The SMILES string of the molecule is CC(=C(C#N)C(N)=S)N1CCCN(c2ccc3c(c2)OCCO3)CC1.c1cc2c(cc1N1CCCNCC1)OCCO2. The average Bonchev–Trinajstić information content (AvgIpc) is 3.45. The monoisotopic (exact) mass is 592 g/mol. The Morgan fingerprint density at radius 2 is 1.33 bits per heavy atom. The van der Waals surface area contributed by atoms with Gasteiger partial charge < -0.3 is 44.7 Å². The number of allylic oxidation sites excluding steroid dienone is 1. The molecule has 0 aromatic heterocycles. The number of hydrogen-bond acceptors (Lipinski definition) is 10. The van der Waals surface area contributed by atoms with E-state index in [1.807, 2.05) is 25.1 Å². The Labute approximate surface area is 253 Å². The van der Waals surface area contributed by atoms with Crippen molar-refractivity contribution in [2.75, 3.05) is 88.6 Å². The average molecular weight is 593 g/mol. The number of ether oxygens (including phenoxy) is 4. The number of anilines is 2. The summed E-state index contributed by atoms with van der Waals surface area (Å²) in [7, 11) is 0. The van der Waals surface area contributed by atoms with E-state index in [0.717, 1.165) is 93.2 Å². The topological polar surface area (TPSA) is 108 Å². The van der Waals surface area contributed by atoms with Crippen molar-refractivity contribution in [1.29, 1.82) is 5.26 Å². The maximum Gasteiger partial charge on any atom is 0.163 e. The lowest BCUT2D eigenvalue weighted by Crippen LogP contribution is -2.31. The van der Waals surface area contributed by atoms with Crippen molar-refractivity contribution >= 4 is 28.6 Å². The summed E-state index contributed by atoms with van der Waals surface area (Å²) in [6.45, 7) is 12.2. The van der Waals surface area contributed by atoms with Crippen LogP contribution in [-0.4, -0.2) is 88.7 Å². The molecule has 10 nitrogen and oxygen atoms in total. The van der Waals surface area contributed by atoms with E-state index < -0.39 is 0 Å². The molecule has 0 radical (unpaired) electrons. The van der Waals surface area contributed by atoms with Crippen LogP contribution in [-0.2, 0) is 0 Å². The summed E-state index contributed by atoms with van der Waals surface area (Å²) >= 11 is 4.99. The molecule has 0 atom stereocenters. The fourth-order valence-corrected chi connectivity index (χ4v) is 5.74. The number of nitrogens with one attached hydrogen (secondary N) is 1. The molecule has 2 aromatic carbocycles. The second-order valence-corrected chi connectivity index (χ2v) is 11.0. The van der Waals surface area contributed by atoms with Gasteiger partial charge in [0.15, 0.2) is 23.0 Å². The van der Waals surface area contributed by atoms with Crippen molar-refractivity contribution < 1.29 is 18.9 Å². The first-order valence-electron chi connectivity index (χ1n) is 14.7. The zero-order valence-electron chi connectivity index (χ0n) is 24.3. The number of rotatable bonds is 4. The number of nitrogens with zero attached hydrogens (tertiary/aromatic N) is 4. The number of fused-ring (bicyclic) bond motifs is 2. The Morgan fingerprint density at radius 1 is 0.762 bits per heavy atom. The van der Waals surface area contributed by atoms with Crippen molar-refractivity contribution in [3.05, 3.63) is 47.7 Å². The van der Waals surface area contributed by atoms with Crippen LogP contribution in [0.25, 0.3) is 0 Å². The van der Waals surface area contributed by atoms with Crippen LogP contribution < -0.4 is 39.8 Å². The maximum atomic E-state index is 9.27. The van der Waals surface area contributed by atoms with E-state index in [2.05, 4.69) is 44.3 Å². The fourth-order valence-electron chi connectivity index (χ4n) is 5.54. The molecule has 0 spiro atoms. The van der Waals surface area contributed by atoms with Crippen LogP contribution in [0, 0.1) is 11.3 Å². The Balaban J connectivity index is 0.000000180. The summed E-state index contributed by atoms with van der Waals surface area (Å²) in [5.74, 6) is 3.36. The van der Waals surface area contributed by atoms with Crippen LogP contribution in [0.2, 0.25) is 0 Å². The lowest BCUT2D eigenvalue weighted by molar-refractivity contribution is 0.171. The van der Waals surface area contributed by atoms with E-state index in [1.54, 1.807) is 0 Å². The minimum Gasteiger partial charge on any atom is -0.486 e. The highest BCUT2D eigenvalue weighted by Crippen LogP contribution is 2.35. The van der Waals surface area contributed by atoms with Gasteiger partial charge in [-0.15, -0.1) is 0 Å². The van der Waals surface area contributed by atoms with Gasteiger partial charge in [0, 0.05) is 75.0 Å². The molecular formula is C31H40N6O4S. The lowest BCUT2D eigenvalue weighted by Gasteiger charge is -2.27. The standard InChI is InChI=1S/C18H22N4O2S.C13H18N2O2/c1-13(15(12-19)18(20)25)21-5-2-6-22(8-7-21)14-3-4-16-17(11-14)24-10-9-23-16;1-4-14-5-7-15(6-1)11-2-3-12-13(10-11)17-9-8-16-12/h3-4,11H,2,5-10H2,1H3,(H2,20,25);2-3,10,14H,1,4-9H2. The molecule has 4 aliphatic rings. The Morgan fingerprint density at radius 3 is 1.93 bits per heavy atom. The van der Waals surface area contributed by atoms with Gasteiger partial charge in [0.1, 0.15) is 43.1 Å². The Hall–Kier alpha value is -3.88. The van der Waals surface area contributed by atoms with Gasteiger partial charge >= 0.3 is 0 Å². The fraction of sp³-hybridized carbons (Fsp3) is 0.484. The summed E-state index contributed by atoms with van der Waals surface area (Å²) in [4.78, 5) is 7.08. The minimum atomic E-state index is 0.160. The van der Waals surface area contributed by atoms with Gasteiger partial charge in [-0.25, -0.2) is 0 Å². The van der Waals surface area contributed by atoms with Crippen molar-refractivity contribution in [3.63, 3.8) is 0 Å². The zero-order chi connectivity index (χ0) is 29.3. The summed E-state index contributed by atoms with van der Waals surface area (Å²) in [5.41, 5.74) is 9.29. The molecule has 6 rings (SSSR count). The lowest BCUT2D eigenvalue weighted by atomic mass is 10.2. The third kappa shape index (κ3) is 7.30. The highest BCUT2D eigenvalue weighted by Gasteiger charge is 2.20. The highest BCUT2D eigenvalue weighted by atomic mass is 32.1. The quantitative estimate of drug-likeness (QED) is 0.310. The molecule has 2 saturated heterocycles. The predicted octanol–water partition coefficient (Wildman–Crippen LogP) is 3.31. The molecule has 3 N–H and O–H groups in total. The summed E-state index contributed by atoms with van der Waals surface area (Å²) in [6, 6.07) is 14.4. The van der Waals surface area contributed by atoms with E-state index >= 15 is 0 Å². The van der Waals surface area contributed by atoms with Crippen molar-refractivity contribution in [3.8, 4) is 29.1 Å². The van der Waals surface area contributed by atoms with Gasteiger partial charge in [0.25, 0.3) is 0 Å². The first-order chi connectivity index (χ1) is 20.5. The van der Waals surface area contributed by atoms with Crippen molar-refractivity contribution in [2.45, 2.75) is 19.8 Å². The van der Waals surface area contributed by atoms with Gasteiger partial charge in [-0.1, -0.05) is 12.2 Å². The molecule has 0 unspecified atom stereocenters. The van der Waals surface area contributed by atoms with E-state index in [4.69, 9.17) is 36.9 Å². The van der Waals surface area contributed by atoms with Gasteiger partial charge in [0.2, 0.25) is 0 Å². The largest absolute Gasteiger partial charge is 0.486 e. The third-order valence-electron chi connectivity index (χ3n) is 7.81. The smallest absolute Gasteiger partial charge is 0.163 e. The molecule has 0 aliphatic carbocycles. The molecule has 0 saturated carbocycles. The van der Waals surface area contributed by atoms with Crippen LogP contribution in [0.15, 0.2) is 47.7 Å². The van der Waals surface area contributed by atoms with E-state index in [9.17, 15) is 5.26 Å². The van der Waals surface area contributed by atoms with Crippen LogP contribution in [0.1, 0.15) is 19.8 Å². The predicted molar refractivity (Wildman–Crippen MR) is 168 cm³/mol. The van der Waals surface area contributed by atoms with Gasteiger partial charge in [-0.3, -0.25) is 0 Å². The molecule has 4 heterocycles. The highest BCUT2D eigenvalue weighted by molar-refractivity contribution is 7.80. The number of benzene rings is 2. The molecule has 0 bridgehead atoms. The second-order valence-electron chi connectivity index (χ2n) is 10.5. The summed E-state index contributed by atoms with van der Waals surface area (Å²) < 4.78 is 22.4. The van der Waals surface area contributed by atoms with Gasteiger partial charge in [0.05, 0.1) is 0 Å². The van der Waals surface area contributed by atoms with E-state index in [0.29, 0.717) is 32.0 Å². The van der Waals surface area contributed by atoms with Crippen LogP contribution >= 0.6 is 12.2 Å². The molecule has 2 aromatic rings. The summed E-state index contributed by atoms with van der Waals surface area (Å²) in [5, 5.41) is 12.7. The van der Waals surface area contributed by atoms with E-state index in [-0.39, 0.29) is 4.99 Å². The van der Waals surface area contributed by atoms with Crippen LogP contribution in [0.3, 0.4) is 0 Å². The molecule has 224 valence electrons. The zero-order valence-corrected chi connectivity index (χ0v) is 25.1. The minimum absolute atomic E-state index is 0.160. The number of hydrogen-bond donors (Lipinski definition) is 2. The molecule has 2 fully saturated rings. The van der Waals surface area contributed by atoms with Gasteiger partial charge in [-0.2, -0.15) is 5.26 Å². The second kappa shape index (κ2) is 14.3. The Kier molecular flexibility index (Phi) is 10.1. The van der Waals surface area contributed by atoms with Crippen LogP contribution in [0.5, 0.6) is 23.0 Å². The molecule has 42 heavy (non-hydrogen) atoms.